The molecule has 2 aromatic heterocycles. The Hall–Kier alpha value is -3.81. The number of nitrogens with one attached hydrogen (secondary N) is 1. The zero-order valence-corrected chi connectivity index (χ0v) is 21.4. The van der Waals surface area contributed by atoms with Crippen molar-refractivity contribution in [1.82, 2.24) is 29.4 Å². The quantitative estimate of drug-likeness (QED) is 0.483. The molecule has 12 nitrogen and oxygen atoms in total. The molecule has 3 heterocycles. The predicted molar refractivity (Wildman–Crippen MR) is 129 cm³/mol. The zero-order valence-electron chi connectivity index (χ0n) is 20.5. The number of nitrogens with zero attached hydrogens (tertiary/aromatic N) is 5. The lowest BCUT2D eigenvalue weighted by atomic mass is 10.1. The second-order valence-corrected chi connectivity index (χ2v) is 10.4. The van der Waals surface area contributed by atoms with Crippen molar-refractivity contribution in [2.45, 2.75) is 57.1 Å². The SMILES string of the molecule is CCC(=O)NS(=O)(=O)c1ccc(-n2ncc3c(OC4CCN(C(=O)OC(C)C)CC4)ncnc32)c(F)c1. The van der Waals surface area contributed by atoms with Crippen LogP contribution in [0.3, 0.4) is 0 Å². The number of aromatic nitrogens is 4. The summed E-state index contributed by atoms with van der Waals surface area (Å²) in [7, 11) is -4.21. The van der Waals surface area contributed by atoms with E-state index in [4.69, 9.17) is 9.47 Å². The number of hydrogen-bond acceptors (Lipinski definition) is 9. The van der Waals surface area contributed by atoms with E-state index in [1.54, 1.807) is 18.7 Å². The van der Waals surface area contributed by atoms with Crippen LogP contribution in [0.15, 0.2) is 35.6 Å². The molecule has 0 unspecified atom stereocenters. The molecule has 0 saturated carbocycles. The molecule has 14 heteroatoms. The molecule has 2 amide bonds. The summed E-state index contributed by atoms with van der Waals surface area (Å²) in [6.07, 6.45) is 3.06. The molecule has 1 N–H and O–H groups in total. The zero-order chi connectivity index (χ0) is 26.7. The molecule has 1 aliphatic heterocycles. The first-order valence-corrected chi connectivity index (χ1v) is 13.2. The summed E-state index contributed by atoms with van der Waals surface area (Å²) in [5, 5.41) is 4.64. The minimum Gasteiger partial charge on any atom is -0.474 e. The third-order valence-electron chi connectivity index (χ3n) is 5.67. The van der Waals surface area contributed by atoms with Gasteiger partial charge in [0.2, 0.25) is 11.8 Å². The van der Waals surface area contributed by atoms with Gasteiger partial charge in [0.15, 0.2) is 5.65 Å². The lowest BCUT2D eigenvalue weighted by molar-refractivity contribution is -0.119. The molecule has 0 aliphatic carbocycles. The van der Waals surface area contributed by atoms with E-state index in [0.29, 0.717) is 31.3 Å². The Morgan fingerprint density at radius 1 is 1.22 bits per heavy atom. The van der Waals surface area contributed by atoms with Crippen molar-refractivity contribution in [3.05, 3.63) is 36.5 Å². The van der Waals surface area contributed by atoms with Crippen molar-refractivity contribution in [1.29, 1.82) is 0 Å². The summed E-state index contributed by atoms with van der Waals surface area (Å²) in [6.45, 7) is 6.04. The van der Waals surface area contributed by atoms with Gasteiger partial charge in [-0.1, -0.05) is 6.92 Å². The fraction of sp³-hybridized carbons (Fsp3) is 0.435. The fourth-order valence-electron chi connectivity index (χ4n) is 3.79. The van der Waals surface area contributed by atoms with Crippen LogP contribution < -0.4 is 9.46 Å². The largest absolute Gasteiger partial charge is 0.474 e. The minimum absolute atomic E-state index is 0.0348. The number of rotatable bonds is 7. The smallest absolute Gasteiger partial charge is 0.410 e. The first-order valence-electron chi connectivity index (χ1n) is 11.8. The number of piperidine rings is 1. The number of fused-ring (bicyclic) bond motifs is 1. The lowest BCUT2D eigenvalue weighted by Gasteiger charge is -2.31. The first-order chi connectivity index (χ1) is 17.6. The molecule has 37 heavy (non-hydrogen) atoms. The molecule has 0 atom stereocenters. The molecule has 198 valence electrons. The average Bonchev–Trinajstić information content (AvgIpc) is 3.28. The molecule has 1 aliphatic rings. The van der Waals surface area contributed by atoms with Crippen LogP contribution in [0.4, 0.5) is 9.18 Å². The van der Waals surface area contributed by atoms with E-state index in [9.17, 15) is 22.4 Å². The van der Waals surface area contributed by atoms with Crippen LogP contribution in [-0.2, 0) is 19.6 Å². The predicted octanol–water partition coefficient (Wildman–Crippen LogP) is 2.56. The van der Waals surface area contributed by atoms with E-state index >= 15 is 0 Å². The lowest BCUT2D eigenvalue weighted by Crippen LogP contribution is -2.42. The minimum atomic E-state index is -4.21. The first kappa shape index (κ1) is 26.3. The number of sulfonamides is 1. The van der Waals surface area contributed by atoms with Gasteiger partial charge < -0.3 is 14.4 Å². The van der Waals surface area contributed by atoms with Gasteiger partial charge in [0.25, 0.3) is 10.0 Å². The number of likely N-dealkylation sites (tertiary alicyclic amines) is 1. The Labute approximate surface area is 212 Å². The molecule has 1 fully saturated rings. The number of hydrogen-bond donors (Lipinski definition) is 1. The average molecular weight is 535 g/mol. The van der Waals surface area contributed by atoms with Crippen molar-refractivity contribution in [2.75, 3.05) is 13.1 Å². The van der Waals surface area contributed by atoms with Crippen molar-refractivity contribution >= 4 is 33.1 Å². The molecule has 0 spiro atoms. The van der Waals surface area contributed by atoms with Crippen LogP contribution >= 0.6 is 0 Å². The Kier molecular flexibility index (Phi) is 7.57. The summed E-state index contributed by atoms with van der Waals surface area (Å²) in [5.74, 6) is -1.31. The maximum absolute atomic E-state index is 15.0. The van der Waals surface area contributed by atoms with E-state index in [-0.39, 0.29) is 41.9 Å². The van der Waals surface area contributed by atoms with Gasteiger partial charge in [-0.15, -0.1) is 0 Å². The van der Waals surface area contributed by atoms with E-state index < -0.39 is 26.6 Å². The highest BCUT2D eigenvalue weighted by atomic mass is 32.2. The van der Waals surface area contributed by atoms with E-state index in [2.05, 4.69) is 15.1 Å². The number of carbonyl (C=O) groups excluding carboxylic acids is 2. The van der Waals surface area contributed by atoms with Gasteiger partial charge in [-0.3, -0.25) is 4.79 Å². The topological polar surface area (TPSA) is 146 Å². The molecule has 1 saturated heterocycles. The van der Waals surface area contributed by atoms with Crippen LogP contribution in [0, 0.1) is 5.82 Å². The second kappa shape index (κ2) is 10.7. The summed E-state index contributed by atoms with van der Waals surface area (Å²) in [6, 6.07) is 3.22. The van der Waals surface area contributed by atoms with Crippen LogP contribution in [-0.4, -0.2) is 70.4 Å². The highest BCUT2D eigenvalue weighted by Gasteiger charge is 2.27. The van der Waals surface area contributed by atoms with Gasteiger partial charge >= 0.3 is 6.09 Å². The second-order valence-electron chi connectivity index (χ2n) is 8.70. The van der Waals surface area contributed by atoms with Crippen LogP contribution in [0.5, 0.6) is 5.88 Å². The Morgan fingerprint density at radius 3 is 2.59 bits per heavy atom. The fourth-order valence-corrected chi connectivity index (χ4v) is 4.86. The maximum Gasteiger partial charge on any atom is 0.410 e. The van der Waals surface area contributed by atoms with Crippen molar-refractivity contribution in [2.24, 2.45) is 0 Å². The highest BCUT2D eigenvalue weighted by Crippen LogP contribution is 2.28. The Morgan fingerprint density at radius 2 is 1.95 bits per heavy atom. The van der Waals surface area contributed by atoms with Gasteiger partial charge in [-0.2, -0.15) is 5.10 Å². The van der Waals surface area contributed by atoms with E-state index in [1.165, 1.54) is 36.3 Å². The summed E-state index contributed by atoms with van der Waals surface area (Å²) < 4.78 is 54.0. The number of benzene rings is 1. The standard InChI is InChI=1S/C23H27FN6O6S/c1-4-20(31)28-37(33,34)16-5-6-19(18(24)11-16)30-21-17(12-27-30)22(26-13-25-21)36-15-7-9-29(10-8-15)23(32)35-14(2)3/h5-6,11-15H,4,7-10H2,1-3H3,(H,28,31). The normalized spacial score (nSPS) is 14.7. The van der Waals surface area contributed by atoms with Crippen molar-refractivity contribution < 1.29 is 31.9 Å². The molecule has 4 rings (SSSR count). The number of halogens is 1. The van der Waals surface area contributed by atoms with Crippen LogP contribution in [0.25, 0.3) is 16.7 Å². The van der Waals surface area contributed by atoms with Gasteiger partial charge in [0.1, 0.15) is 29.3 Å². The maximum atomic E-state index is 15.0. The van der Waals surface area contributed by atoms with E-state index in [0.717, 1.165) is 6.07 Å². The number of carbonyl (C=O) groups is 2. The summed E-state index contributed by atoms with van der Waals surface area (Å²) in [4.78, 5) is 33.2. The van der Waals surface area contributed by atoms with Crippen molar-refractivity contribution in [3.63, 3.8) is 0 Å². The van der Waals surface area contributed by atoms with E-state index in [1.807, 2.05) is 4.72 Å². The van der Waals surface area contributed by atoms with Crippen LogP contribution in [0.2, 0.25) is 0 Å². The third-order valence-corrected chi connectivity index (χ3v) is 7.04. The summed E-state index contributed by atoms with van der Waals surface area (Å²) in [5.41, 5.74) is 0.217. The van der Waals surface area contributed by atoms with Gasteiger partial charge in [-0.05, 0) is 32.0 Å². The molecular weight excluding hydrogens is 507 g/mol. The molecular formula is C23H27FN6O6S. The molecule has 0 bridgehead atoms. The number of amides is 2. The van der Waals surface area contributed by atoms with Gasteiger partial charge in [0.05, 0.1) is 17.2 Å². The highest BCUT2D eigenvalue weighted by molar-refractivity contribution is 7.90. The molecule has 0 radical (unpaired) electrons. The van der Waals surface area contributed by atoms with Gasteiger partial charge in [0, 0.05) is 32.4 Å². The Bertz CT molecular complexity index is 1420. The molecule has 1 aromatic carbocycles. The number of ether oxygens (including phenoxy) is 2. The van der Waals surface area contributed by atoms with Crippen LogP contribution in [0.1, 0.15) is 40.0 Å². The Balaban J connectivity index is 1.52. The van der Waals surface area contributed by atoms with Gasteiger partial charge in [-0.25, -0.2) is 37.0 Å². The summed E-state index contributed by atoms with van der Waals surface area (Å²) >= 11 is 0. The third kappa shape index (κ3) is 5.79. The van der Waals surface area contributed by atoms with Crippen molar-refractivity contribution in [3.8, 4) is 11.6 Å². The molecule has 3 aromatic rings. The monoisotopic (exact) mass is 534 g/mol.